The SMILES string of the molecule is Cc1c([C@H]2CN3CCN(C(=O)Cc4cnc(-n5cnnn5)c(F)c4)C[C@@H]3CO2)ccc(F)c1C#N. The van der Waals surface area contributed by atoms with Gasteiger partial charge in [-0.1, -0.05) is 6.07 Å². The zero-order valence-corrected chi connectivity index (χ0v) is 18.9. The Labute approximate surface area is 199 Å². The Morgan fingerprint density at radius 3 is 2.86 bits per heavy atom. The molecule has 0 unspecified atom stereocenters. The summed E-state index contributed by atoms with van der Waals surface area (Å²) in [6.45, 7) is 4.42. The number of benzene rings is 1. The number of tetrazole rings is 1. The fourth-order valence-electron chi connectivity index (χ4n) is 4.66. The van der Waals surface area contributed by atoms with Gasteiger partial charge < -0.3 is 9.64 Å². The van der Waals surface area contributed by atoms with Crippen LogP contribution in [0.4, 0.5) is 8.78 Å². The van der Waals surface area contributed by atoms with E-state index in [2.05, 4.69) is 25.4 Å². The minimum absolute atomic E-state index is 0.0252. The molecule has 0 saturated carbocycles. The number of ether oxygens (including phenoxy) is 1. The maximum atomic E-state index is 14.4. The van der Waals surface area contributed by atoms with Gasteiger partial charge in [0.1, 0.15) is 18.2 Å². The Morgan fingerprint density at radius 1 is 1.26 bits per heavy atom. The number of rotatable bonds is 4. The smallest absolute Gasteiger partial charge is 0.227 e. The number of carbonyl (C=O) groups excluding carboxylic acids is 1. The highest BCUT2D eigenvalue weighted by molar-refractivity contribution is 5.79. The predicted octanol–water partition coefficient (Wildman–Crippen LogP) is 1.34. The molecule has 1 amide bonds. The van der Waals surface area contributed by atoms with Crippen LogP contribution in [0.5, 0.6) is 0 Å². The second-order valence-electron chi connectivity index (χ2n) is 8.64. The van der Waals surface area contributed by atoms with Gasteiger partial charge >= 0.3 is 0 Å². The summed E-state index contributed by atoms with van der Waals surface area (Å²) in [5, 5.41) is 19.8. The highest BCUT2D eigenvalue weighted by Crippen LogP contribution is 2.31. The fourth-order valence-corrected chi connectivity index (χ4v) is 4.66. The number of aromatic nitrogens is 5. The van der Waals surface area contributed by atoms with Gasteiger partial charge in [0.25, 0.3) is 0 Å². The summed E-state index contributed by atoms with van der Waals surface area (Å²) in [4.78, 5) is 21.0. The molecule has 5 rings (SSSR count). The molecule has 3 aromatic rings. The van der Waals surface area contributed by atoms with E-state index in [0.717, 1.165) is 10.2 Å². The number of morpholine rings is 1. The zero-order chi connectivity index (χ0) is 24.5. The van der Waals surface area contributed by atoms with Crippen LogP contribution in [-0.2, 0) is 16.0 Å². The van der Waals surface area contributed by atoms with Crippen LogP contribution in [-0.4, -0.2) is 79.7 Å². The third kappa shape index (κ3) is 4.48. The van der Waals surface area contributed by atoms with Crippen molar-refractivity contribution in [1.82, 2.24) is 35.0 Å². The van der Waals surface area contributed by atoms with Gasteiger partial charge in [-0.2, -0.15) is 9.94 Å². The number of piperazine rings is 1. The summed E-state index contributed by atoms with van der Waals surface area (Å²) in [5.74, 6) is -1.30. The number of carbonyl (C=O) groups is 1. The Morgan fingerprint density at radius 2 is 2.11 bits per heavy atom. The maximum absolute atomic E-state index is 14.4. The number of pyridine rings is 1. The molecule has 12 heteroatoms. The van der Waals surface area contributed by atoms with Gasteiger partial charge in [-0.25, -0.2) is 13.8 Å². The third-order valence-corrected chi connectivity index (χ3v) is 6.56. The molecule has 0 aliphatic carbocycles. The molecule has 0 N–H and O–H groups in total. The van der Waals surface area contributed by atoms with E-state index in [0.29, 0.717) is 43.9 Å². The minimum Gasteiger partial charge on any atom is -0.370 e. The van der Waals surface area contributed by atoms with Crippen LogP contribution in [0.2, 0.25) is 0 Å². The number of amides is 1. The van der Waals surface area contributed by atoms with Crippen LogP contribution in [0.25, 0.3) is 5.82 Å². The largest absolute Gasteiger partial charge is 0.370 e. The molecule has 0 bridgehead atoms. The summed E-state index contributed by atoms with van der Waals surface area (Å²) in [7, 11) is 0. The molecule has 2 fully saturated rings. The predicted molar refractivity (Wildman–Crippen MR) is 117 cm³/mol. The Balaban J connectivity index is 1.21. The number of nitriles is 1. The van der Waals surface area contributed by atoms with E-state index >= 15 is 0 Å². The molecular formula is C23H22F2N8O2. The van der Waals surface area contributed by atoms with Crippen molar-refractivity contribution < 1.29 is 18.3 Å². The second-order valence-corrected chi connectivity index (χ2v) is 8.64. The molecule has 2 aliphatic heterocycles. The molecule has 180 valence electrons. The second kappa shape index (κ2) is 9.44. The van der Waals surface area contributed by atoms with Crippen molar-refractivity contribution in [1.29, 1.82) is 5.26 Å². The van der Waals surface area contributed by atoms with E-state index in [4.69, 9.17) is 4.74 Å². The van der Waals surface area contributed by atoms with Crippen LogP contribution in [0.15, 0.2) is 30.7 Å². The van der Waals surface area contributed by atoms with Crippen molar-refractivity contribution in [3.8, 4) is 11.9 Å². The molecular weight excluding hydrogens is 458 g/mol. The first kappa shape index (κ1) is 22.9. The zero-order valence-electron chi connectivity index (χ0n) is 18.9. The van der Waals surface area contributed by atoms with E-state index in [1.807, 2.05) is 6.07 Å². The van der Waals surface area contributed by atoms with Crippen LogP contribution < -0.4 is 0 Å². The number of hydrogen-bond acceptors (Lipinski definition) is 8. The van der Waals surface area contributed by atoms with Crippen molar-refractivity contribution in [3.05, 3.63) is 64.6 Å². The van der Waals surface area contributed by atoms with Gasteiger partial charge in [0.2, 0.25) is 5.91 Å². The molecule has 1 aromatic carbocycles. The molecule has 10 nitrogen and oxygen atoms in total. The number of fused-ring (bicyclic) bond motifs is 1. The highest BCUT2D eigenvalue weighted by atomic mass is 19.1. The van der Waals surface area contributed by atoms with E-state index in [-0.39, 0.29) is 35.9 Å². The Hall–Kier alpha value is -3.82. The lowest BCUT2D eigenvalue weighted by Crippen LogP contribution is -2.59. The van der Waals surface area contributed by atoms with Crippen molar-refractivity contribution in [2.45, 2.75) is 25.5 Å². The van der Waals surface area contributed by atoms with Crippen molar-refractivity contribution in [2.75, 3.05) is 32.8 Å². The van der Waals surface area contributed by atoms with E-state index in [9.17, 15) is 18.8 Å². The average Bonchev–Trinajstić information content (AvgIpc) is 3.38. The summed E-state index contributed by atoms with van der Waals surface area (Å²) in [6.07, 6.45) is 2.45. The topological polar surface area (TPSA) is 113 Å². The van der Waals surface area contributed by atoms with Crippen LogP contribution in [0.3, 0.4) is 0 Å². The lowest BCUT2D eigenvalue weighted by atomic mass is 9.96. The van der Waals surface area contributed by atoms with Crippen molar-refractivity contribution in [2.24, 2.45) is 0 Å². The fraction of sp³-hybridized carbons (Fsp3) is 0.391. The number of hydrogen-bond donors (Lipinski definition) is 0. The molecule has 4 heterocycles. The van der Waals surface area contributed by atoms with Gasteiger partial charge in [0.05, 0.1) is 30.7 Å². The van der Waals surface area contributed by atoms with E-state index < -0.39 is 11.6 Å². The molecule has 35 heavy (non-hydrogen) atoms. The first-order valence-corrected chi connectivity index (χ1v) is 11.1. The van der Waals surface area contributed by atoms with Crippen molar-refractivity contribution >= 4 is 5.91 Å². The van der Waals surface area contributed by atoms with Gasteiger partial charge in [-0.15, -0.1) is 5.10 Å². The van der Waals surface area contributed by atoms with Crippen LogP contribution in [0.1, 0.15) is 28.4 Å². The van der Waals surface area contributed by atoms with Gasteiger partial charge in [0.15, 0.2) is 11.6 Å². The quantitative estimate of drug-likeness (QED) is 0.550. The molecule has 2 atom stereocenters. The molecule has 0 spiro atoms. The number of nitrogens with zero attached hydrogens (tertiary/aromatic N) is 8. The van der Waals surface area contributed by atoms with E-state index in [1.54, 1.807) is 17.9 Å². The van der Waals surface area contributed by atoms with Gasteiger partial charge in [-0.05, 0) is 46.2 Å². The summed E-state index contributed by atoms with van der Waals surface area (Å²) in [5.41, 5.74) is 1.91. The highest BCUT2D eigenvalue weighted by Gasteiger charge is 2.36. The summed E-state index contributed by atoms with van der Waals surface area (Å²) < 4.78 is 35.5. The van der Waals surface area contributed by atoms with Crippen molar-refractivity contribution in [3.63, 3.8) is 0 Å². The molecule has 2 aliphatic rings. The normalized spacial score (nSPS) is 20.3. The third-order valence-electron chi connectivity index (χ3n) is 6.56. The standard InChI is InChI=1S/C23H22F2N8O2/c1-14-17(2-3-19(24)18(14)8-26)21-11-31-4-5-32(10-16(31)12-35-21)22(34)7-15-6-20(25)23(27-9-15)33-13-28-29-30-33/h2-3,6,9,13,16,21H,4-5,7,10-12H2,1H3/t16-,21-/m1/s1. The summed E-state index contributed by atoms with van der Waals surface area (Å²) in [6, 6.07) is 6.20. The lowest BCUT2D eigenvalue weighted by molar-refractivity contribution is -0.139. The monoisotopic (exact) mass is 480 g/mol. The summed E-state index contributed by atoms with van der Waals surface area (Å²) >= 11 is 0. The van der Waals surface area contributed by atoms with E-state index in [1.165, 1.54) is 24.7 Å². The van der Waals surface area contributed by atoms with Crippen LogP contribution >= 0.6 is 0 Å². The average molecular weight is 480 g/mol. The minimum atomic E-state index is -0.616. The first-order chi connectivity index (χ1) is 16.9. The molecule has 2 saturated heterocycles. The molecule has 2 aromatic heterocycles. The molecule has 0 radical (unpaired) electrons. The first-order valence-electron chi connectivity index (χ1n) is 11.1. The maximum Gasteiger partial charge on any atom is 0.227 e. The van der Waals surface area contributed by atoms with Gasteiger partial charge in [-0.3, -0.25) is 9.69 Å². The lowest BCUT2D eigenvalue weighted by Gasteiger charge is -2.46. The van der Waals surface area contributed by atoms with Gasteiger partial charge in [0, 0.05) is 32.4 Å². The Bertz CT molecular complexity index is 1290. The number of halogens is 2. The van der Waals surface area contributed by atoms with Crippen LogP contribution in [0, 0.1) is 29.9 Å². The Kier molecular flexibility index (Phi) is 6.19.